The molecule has 6 amide bonds. The number of likely N-dealkylation sites (N-methyl/N-ethyl adjacent to an activating group) is 1. The van der Waals surface area contributed by atoms with Crippen molar-refractivity contribution in [3.63, 3.8) is 0 Å². The summed E-state index contributed by atoms with van der Waals surface area (Å²) in [6, 6.07) is 11.8. The number of hydrogen-bond acceptors (Lipinski definition) is 14. The number of ether oxygens (including phenoxy) is 3. The lowest BCUT2D eigenvalue weighted by atomic mass is 9.85. The van der Waals surface area contributed by atoms with Gasteiger partial charge in [-0.2, -0.15) is 4.68 Å². The first-order chi connectivity index (χ1) is 36.2. The smallest absolute Gasteiger partial charge is 0.262 e. The number of nitrogens with two attached hydrogens (primary N) is 1. The summed E-state index contributed by atoms with van der Waals surface area (Å²) in [6.45, 7) is 21.9. The Bertz CT molecular complexity index is 2760. The van der Waals surface area contributed by atoms with E-state index in [2.05, 4.69) is 41.4 Å². The molecule has 22 heteroatoms. The largest absolute Gasteiger partial charge is 0.467 e. The van der Waals surface area contributed by atoms with Crippen LogP contribution in [0.2, 0.25) is 0 Å². The van der Waals surface area contributed by atoms with Gasteiger partial charge in [-0.15, -0.1) is 5.10 Å². The first-order valence-corrected chi connectivity index (χ1v) is 25.7. The Morgan fingerprint density at radius 2 is 1.70 bits per heavy atom. The number of aromatic nitrogens is 4. The SMILES string of the molecule is [C-]#[N+]c1c2c(nn1CCNC(=O)CCOCCOCCC(=O)N[C@H]1C[C@@H](C(=O)N[C@H](CC)c3ccccc3)N(C(=O)[C@@H](NC(=O)[C@H](C)NC)C(C)(C)C)C1)CN(C)C(=O)c1ccc(C)cc1[C@@H](C)Oc1nc-2cnc1N. The van der Waals surface area contributed by atoms with Gasteiger partial charge >= 0.3 is 0 Å². The predicted octanol–water partition coefficient (Wildman–Crippen LogP) is 3.93. The van der Waals surface area contributed by atoms with Gasteiger partial charge in [0, 0.05) is 43.6 Å². The van der Waals surface area contributed by atoms with Crippen LogP contribution < -0.4 is 37.1 Å². The average Bonchev–Trinajstić information content (AvgIpc) is 3.99. The molecule has 1 fully saturated rings. The molecule has 0 aliphatic carbocycles. The summed E-state index contributed by atoms with van der Waals surface area (Å²) in [5.41, 5.74) is 9.53. The van der Waals surface area contributed by atoms with Crippen LogP contribution in [0.4, 0.5) is 11.6 Å². The van der Waals surface area contributed by atoms with Crippen molar-refractivity contribution in [3.05, 3.63) is 94.1 Å². The lowest BCUT2D eigenvalue weighted by molar-refractivity contribution is -0.144. The minimum atomic E-state index is -0.949. The van der Waals surface area contributed by atoms with Crippen molar-refractivity contribution < 1.29 is 43.0 Å². The number of likely N-dealkylation sites (tertiary alicyclic amines) is 1. The Morgan fingerprint density at radius 1 is 1.00 bits per heavy atom. The summed E-state index contributed by atoms with van der Waals surface area (Å²) in [4.78, 5) is 97.0. The molecule has 7 N–H and O–H groups in total. The van der Waals surface area contributed by atoms with Crippen molar-refractivity contribution in [2.24, 2.45) is 5.41 Å². The van der Waals surface area contributed by atoms with Crippen LogP contribution in [0.1, 0.15) is 112 Å². The fourth-order valence-corrected chi connectivity index (χ4v) is 9.04. The molecule has 6 atom stereocenters. The molecule has 0 saturated carbocycles. The highest BCUT2D eigenvalue weighted by Crippen LogP contribution is 2.37. The third-order valence-electron chi connectivity index (χ3n) is 13.4. The van der Waals surface area contributed by atoms with E-state index in [0.717, 1.165) is 11.1 Å². The normalized spacial score (nSPS) is 17.6. The average molecular weight is 1050 g/mol. The van der Waals surface area contributed by atoms with Crippen LogP contribution in [0.3, 0.4) is 0 Å². The molecule has 4 aromatic rings. The van der Waals surface area contributed by atoms with Gasteiger partial charge in [0.15, 0.2) is 5.82 Å². The second-order valence-corrected chi connectivity index (χ2v) is 20.2. The van der Waals surface area contributed by atoms with Crippen LogP contribution >= 0.6 is 0 Å². The van der Waals surface area contributed by atoms with Crippen molar-refractivity contribution in [3.8, 4) is 17.1 Å². The summed E-state index contributed by atoms with van der Waals surface area (Å²) in [5, 5.41) is 19.4. The van der Waals surface area contributed by atoms with E-state index in [-0.39, 0.29) is 125 Å². The molecule has 22 nitrogen and oxygen atoms in total. The molecular weight excluding hydrogens is 975 g/mol. The number of carbonyl (C=O) groups excluding carboxylic acids is 6. The van der Waals surface area contributed by atoms with Crippen molar-refractivity contribution >= 4 is 47.1 Å². The van der Waals surface area contributed by atoms with Gasteiger partial charge in [-0.1, -0.05) is 82.3 Å². The summed E-state index contributed by atoms with van der Waals surface area (Å²) >= 11 is 0. The molecule has 0 radical (unpaired) electrons. The van der Waals surface area contributed by atoms with E-state index < -0.39 is 41.6 Å². The first kappa shape index (κ1) is 57.8. The maximum absolute atomic E-state index is 14.4. The van der Waals surface area contributed by atoms with Gasteiger partial charge in [-0.05, 0) is 57.7 Å². The van der Waals surface area contributed by atoms with E-state index in [0.29, 0.717) is 34.5 Å². The van der Waals surface area contributed by atoms with E-state index in [4.69, 9.17) is 31.6 Å². The fourth-order valence-electron chi connectivity index (χ4n) is 9.04. The molecule has 2 aliphatic heterocycles. The van der Waals surface area contributed by atoms with Gasteiger partial charge in [-0.3, -0.25) is 28.8 Å². The number of hydrogen-bond donors (Lipinski definition) is 6. The van der Waals surface area contributed by atoms with Crippen LogP contribution in [0.5, 0.6) is 5.88 Å². The molecule has 2 aliphatic rings. The van der Waals surface area contributed by atoms with Crippen LogP contribution in [0, 0.1) is 18.9 Å². The fraction of sp³-hybridized carbons (Fsp3) is 0.519. The quantitative estimate of drug-likeness (QED) is 0.0510. The summed E-state index contributed by atoms with van der Waals surface area (Å²) in [6.07, 6.45) is 1.69. The highest BCUT2D eigenvalue weighted by atomic mass is 16.5. The van der Waals surface area contributed by atoms with Gasteiger partial charge in [0.2, 0.25) is 29.5 Å². The molecule has 4 heterocycles. The second kappa shape index (κ2) is 26.3. The number of nitrogens with one attached hydrogen (secondary N) is 5. The van der Waals surface area contributed by atoms with Gasteiger partial charge in [0.1, 0.15) is 30.4 Å². The van der Waals surface area contributed by atoms with Crippen LogP contribution in [0.15, 0.2) is 54.7 Å². The highest BCUT2D eigenvalue weighted by Gasteiger charge is 2.46. The molecule has 0 spiro atoms. The molecule has 2 aromatic heterocycles. The second-order valence-electron chi connectivity index (χ2n) is 20.2. The Morgan fingerprint density at radius 3 is 2.36 bits per heavy atom. The molecule has 2 bridgehead atoms. The minimum absolute atomic E-state index is 0.0118. The molecule has 1 saturated heterocycles. The van der Waals surface area contributed by atoms with Gasteiger partial charge in [-0.25, -0.2) is 9.97 Å². The van der Waals surface area contributed by atoms with Gasteiger partial charge in [0.05, 0.1) is 69.1 Å². The van der Waals surface area contributed by atoms with Crippen LogP contribution in [0.25, 0.3) is 16.1 Å². The number of fused-ring (bicyclic) bond motifs is 5. The molecular formula is C54H73N13O9. The Kier molecular flexibility index (Phi) is 20.0. The molecule has 2 aromatic carbocycles. The molecule has 76 heavy (non-hydrogen) atoms. The topological polar surface area (TPSA) is 271 Å². The monoisotopic (exact) mass is 1050 g/mol. The lowest BCUT2D eigenvalue weighted by Crippen LogP contribution is -2.59. The number of rotatable bonds is 21. The van der Waals surface area contributed by atoms with E-state index in [1.807, 2.05) is 77.1 Å². The van der Waals surface area contributed by atoms with E-state index in [1.54, 1.807) is 34.0 Å². The van der Waals surface area contributed by atoms with E-state index in [9.17, 15) is 28.8 Å². The zero-order valence-electron chi connectivity index (χ0n) is 45.0. The van der Waals surface area contributed by atoms with Crippen LogP contribution in [-0.4, -0.2) is 143 Å². The lowest BCUT2D eigenvalue weighted by Gasteiger charge is -2.36. The standard InChI is InChI=1S/C54H73N13O9/c1-11-39(35-15-13-12-14-16-35)61-50(71)42-28-36(30-66(42)53(73)46(54(5,6)7)63-49(70)33(3)56-8)60-44(69)20-24-75-26-25-74-23-19-43(68)58-21-22-67-48(57-9)45-40-29-59-47(55)51(62-40)76-34(4)38-27-32(2)17-18-37(38)52(72)65(10)31-41(45)64-67/h12-18,27,29,33-34,36,39,42,46,56H,11,19-26,28,30-31H2,1-8,10H3,(H2,55,59)(H,58,68)(H,60,69)(H,61,71)(H,63,70)/t33-,34+,36-,39+,42-,46+/m0/s1. The molecule has 6 rings (SSSR count). The predicted molar refractivity (Wildman–Crippen MR) is 283 cm³/mol. The number of nitrogen functional groups attached to an aromatic ring is 1. The summed E-state index contributed by atoms with van der Waals surface area (Å²) < 4.78 is 18.9. The van der Waals surface area contributed by atoms with E-state index in [1.165, 1.54) is 20.7 Å². The number of amides is 6. The number of benzene rings is 2. The van der Waals surface area contributed by atoms with E-state index >= 15 is 0 Å². The number of nitrogens with zero attached hydrogens (tertiary/aromatic N) is 7. The number of anilines is 1. The van der Waals surface area contributed by atoms with Crippen molar-refractivity contribution in [1.82, 2.24) is 56.1 Å². The molecule has 0 unspecified atom stereocenters. The third-order valence-corrected chi connectivity index (χ3v) is 13.4. The minimum Gasteiger partial charge on any atom is -0.467 e. The Hall–Kier alpha value is -7.48. The van der Waals surface area contributed by atoms with Crippen LogP contribution in [-0.2, 0) is 46.5 Å². The highest BCUT2D eigenvalue weighted by molar-refractivity contribution is 5.96. The maximum atomic E-state index is 14.4. The third kappa shape index (κ3) is 14.7. The Labute approximate surface area is 444 Å². The van der Waals surface area contributed by atoms with Gasteiger partial charge < -0.3 is 61.2 Å². The van der Waals surface area contributed by atoms with Crippen molar-refractivity contribution in [1.29, 1.82) is 0 Å². The maximum Gasteiger partial charge on any atom is 0.262 e. The van der Waals surface area contributed by atoms with Gasteiger partial charge in [0.25, 0.3) is 17.6 Å². The Balaban J connectivity index is 0.963. The summed E-state index contributed by atoms with van der Waals surface area (Å²) in [5.74, 6) is -1.75. The van der Waals surface area contributed by atoms with Crippen molar-refractivity contribution in [2.75, 3.05) is 59.3 Å². The zero-order valence-corrected chi connectivity index (χ0v) is 45.0. The number of carbonyl (C=O) groups is 6. The van der Waals surface area contributed by atoms with Crippen molar-refractivity contribution in [2.45, 2.75) is 124 Å². The number of aryl methyl sites for hydroxylation is 1. The summed E-state index contributed by atoms with van der Waals surface area (Å²) in [7, 11) is 3.31. The molecule has 408 valence electrons. The zero-order chi connectivity index (χ0) is 55.3. The first-order valence-electron chi connectivity index (χ1n) is 25.7.